The van der Waals surface area contributed by atoms with E-state index in [2.05, 4.69) is 46.5 Å². The van der Waals surface area contributed by atoms with Crippen LogP contribution in [0, 0.1) is 0 Å². The minimum Gasteiger partial charge on any atom is -0.356 e. The molecule has 92 valence electrons. The average molecular weight is 231 g/mol. The van der Waals surface area contributed by atoms with Crippen molar-refractivity contribution in [2.24, 2.45) is 4.99 Å². The Hall–Kier alpha value is -1.77. The molecule has 0 bridgehead atoms. The van der Waals surface area contributed by atoms with E-state index in [0.717, 1.165) is 31.9 Å². The zero-order valence-corrected chi connectivity index (χ0v) is 10.4. The normalized spacial score (nSPS) is 11.0. The van der Waals surface area contributed by atoms with Gasteiger partial charge in [-0.05, 0) is 18.4 Å². The number of benzene rings is 1. The van der Waals surface area contributed by atoms with E-state index in [0.29, 0.717) is 0 Å². The van der Waals surface area contributed by atoms with Gasteiger partial charge in [-0.25, -0.2) is 0 Å². The van der Waals surface area contributed by atoms with Crippen LogP contribution in [-0.4, -0.2) is 26.1 Å². The van der Waals surface area contributed by atoms with Gasteiger partial charge in [-0.2, -0.15) is 0 Å². The van der Waals surface area contributed by atoms with Crippen LogP contribution < -0.4 is 10.6 Å². The van der Waals surface area contributed by atoms with Crippen molar-refractivity contribution in [3.8, 4) is 0 Å². The summed E-state index contributed by atoms with van der Waals surface area (Å²) >= 11 is 0. The van der Waals surface area contributed by atoms with Crippen molar-refractivity contribution in [2.45, 2.75) is 12.8 Å². The van der Waals surface area contributed by atoms with Crippen LogP contribution in [0.3, 0.4) is 0 Å². The second-order valence-electron chi connectivity index (χ2n) is 3.76. The molecule has 1 aromatic rings. The number of guanidine groups is 1. The molecule has 0 aliphatic rings. The highest BCUT2D eigenvalue weighted by atomic mass is 15.2. The van der Waals surface area contributed by atoms with E-state index in [1.807, 2.05) is 12.1 Å². The third-order valence-electron chi connectivity index (χ3n) is 2.41. The summed E-state index contributed by atoms with van der Waals surface area (Å²) in [5.41, 5.74) is 1.38. The molecular formula is C14H21N3. The highest BCUT2D eigenvalue weighted by molar-refractivity contribution is 5.79. The molecule has 1 aromatic carbocycles. The van der Waals surface area contributed by atoms with Crippen molar-refractivity contribution in [1.82, 2.24) is 10.6 Å². The lowest BCUT2D eigenvalue weighted by Gasteiger charge is -2.10. The van der Waals surface area contributed by atoms with Crippen LogP contribution in [0.25, 0.3) is 0 Å². The van der Waals surface area contributed by atoms with Gasteiger partial charge in [0, 0.05) is 20.1 Å². The lowest BCUT2D eigenvalue weighted by molar-refractivity contribution is 0.753. The quantitative estimate of drug-likeness (QED) is 0.340. The standard InChI is InChI=1S/C14H21N3/c1-3-11-16-14(15-2)17-12-7-10-13-8-5-4-6-9-13/h3-6,8-9H,1,7,10-12H2,2H3,(H2,15,16,17). The third-order valence-corrected chi connectivity index (χ3v) is 2.41. The molecular weight excluding hydrogens is 210 g/mol. The van der Waals surface area contributed by atoms with E-state index in [1.54, 1.807) is 7.05 Å². The largest absolute Gasteiger partial charge is 0.356 e. The maximum absolute atomic E-state index is 4.12. The molecule has 17 heavy (non-hydrogen) atoms. The SMILES string of the molecule is C=CCNC(=NC)NCCCc1ccccc1. The summed E-state index contributed by atoms with van der Waals surface area (Å²) in [7, 11) is 1.77. The number of nitrogens with zero attached hydrogens (tertiary/aromatic N) is 1. The molecule has 0 heterocycles. The Morgan fingerprint density at radius 2 is 2.06 bits per heavy atom. The topological polar surface area (TPSA) is 36.4 Å². The van der Waals surface area contributed by atoms with E-state index in [-0.39, 0.29) is 0 Å². The summed E-state index contributed by atoms with van der Waals surface area (Å²) in [4.78, 5) is 4.12. The second-order valence-corrected chi connectivity index (χ2v) is 3.76. The van der Waals surface area contributed by atoms with Crippen molar-refractivity contribution in [1.29, 1.82) is 0 Å². The third kappa shape index (κ3) is 5.76. The molecule has 0 fully saturated rings. The Kier molecular flexibility index (Phi) is 6.56. The molecule has 0 radical (unpaired) electrons. The van der Waals surface area contributed by atoms with E-state index in [9.17, 15) is 0 Å². The Bertz CT molecular complexity index is 344. The van der Waals surface area contributed by atoms with Crippen molar-refractivity contribution in [3.63, 3.8) is 0 Å². The molecule has 0 aliphatic heterocycles. The first kappa shape index (κ1) is 13.3. The maximum atomic E-state index is 4.12. The Balaban J connectivity index is 2.17. The summed E-state index contributed by atoms with van der Waals surface area (Å²) in [6.07, 6.45) is 4.00. The van der Waals surface area contributed by atoms with Gasteiger partial charge in [0.05, 0.1) is 0 Å². The molecule has 0 aliphatic carbocycles. The molecule has 0 unspecified atom stereocenters. The Labute approximate surface area is 104 Å². The molecule has 3 nitrogen and oxygen atoms in total. The first-order chi connectivity index (χ1) is 8.36. The van der Waals surface area contributed by atoms with Gasteiger partial charge in [0.15, 0.2) is 5.96 Å². The van der Waals surface area contributed by atoms with Crippen LogP contribution in [-0.2, 0) is 6.42 Å². The lowest BCUT2D eigenvalue weighted by atomic mass is 10.1. The first-order valence-corrected chi connectivity index (χ1v) is 5.96. The molecule has 0 atom stereocenters. The molecule has 1 rings (SSSR count). The van der Waals surface area contributed by atoms with Crippen LogP contribution >= 0.6 is 0 Å². The van der Waals surface area contributed by atoms with Crippen LogP contribution in [0.1, 0.15) is 12.0 Å². The summed E-state index contributed by atoms with van der Waals surface area (Å²) in [5, 5.41) is 6.40. The van der Waals surface area contributed by atoms with Crippen molar-refractivity contribution >= 4 is 5.96 Å². The first-order valence-electron chi connectivity index (χ1n) is 5.96. The summed E-state index contributed by atoms with van der Waals surface area (Å²) in [6.45, 7) is 5.31. The highest BCUT2D eigenvalue weighted by Gasteiger charge is 1.95. The number of hydrogen-bond donors (Lipinski definition) is 2. The van der Waals surface area contributed by atoms with Gasteiger partial charge in [0.1, 0.15) is 0 Å². The Morgan fingerprint density at radius 3 is 2.71 bits per heavy atom. The number of rotatable bonds is 6. The fourth-order valence-electron chi connectivity index (χ4n) is 1.53. The van der Waals surface area contributed by atoms with Crippen LogP contribution in [0.5, 0.6) is 0 Å². The predicted molar refractivity (Wildman–Crippen MR) is 74.3 cm³/mol. The number of aliphatic imine (C=N–C) groups is 1. The monoisotopic (exact) mass is 231 g/mol. The molecule has 2 N–H and O–H groups in total. The average Bonchev–Trinajstić information content (AvgIpc) is 2.39. The number of nitrogens with one attached hydrogen (secondary N) is 2. The fourth-order valence-corrected chi connectivity index (χ4v) is 1.53. The van der Waals surface area contributed by atoms with Gasteiger partial charge in [0.25, 0.3) is 0 Å². The van der Waals surface area contributed by atoms with Crippen LogP contribution in [0.15, 0.2) is 48.0 Å². The Morgan fingerprint density at radius 1 is 1.29 bits per heavy atom. The van der Waals surface area contributed by atoms with Gasteiger partial charge in [-0.3, -0.25) is 4.99 Å². The highest BCUT2D eigenvalue weighted by Crippen LogP contribution is 2.01. The van der Waals surface area contributed by atoms with Crippen molar-refractivity contribution < 1.29 is 0 Å². The maximum Gasteiger partial charge on any atom is 0.191 e. The van der Waals surface area contributed by atoms with Crippen molar-refractivity contribution in [2.75, 3.05) is 20.1 Å². The molecule has 0 spiro atoms. The second kappa shape index (κ2) is 8.39. The minimum absolute atomic E-state index is 0.734. The van der Waals surface area contributed by atoms with E-state index < -0.39 is 0 Å². The van der Waals surface area contributed by atoms with E-state index in [4.69, 9.17) is 0 Å². The number of hydrogen-bond acceptors (Lipinski definition) is 1. The van der Waals surface area contributed by atoms with Gasteiger partial charge in [-0.1, -0.05) is 36.4 Å². The van der Waals surface area contributed by atoms with Gasteiger partial charge in [-0.15, -0.1) is 6.58 Å². The summed E-state index contributed by atoms with van der Waals surface area (Å²) in [6, 6.07) is 10.5. The minimum atomic E-state index is 0.734. The smallest absolute Gasteiger partial charge is 0.191 e. The molecule has 3 heteroatoms. The van der Waals surface area contributed by atoms with Gasteiger partial charge in [0.2, 0.25) is 0 Å². The van der Waals surface area contributed by atoms with Crippen molar-refractivity contribution in [3.05, 3.63) is 48.6 Å². The zero-order valence-electron chi connectivity index (χ0n) is 10.4. The van der Waals surface area contributed by atoms with Crippen LogP contribution in [0.2, 0.25) is 0 Å². The summed E-state index contributed by atoms with van der Waals surface area (Å²) < 4.78 is 0. The molecule has 0 amide bonds. The van der Waals surface area contributed by atoms with E-state index in [1.165, 1.54) is 5.56 Å². The number of aryl methyl sites for hydroxylation is 1. The summed E-state index contributed by atoms with van der Waals surface area (Å²) in [5.74, 6) is 0.831. The molecule has 0 saturated carbocycles. The fraction of sp³-hybridized carbons (Fsp3) is 0.357. The van der Waals surface area contributed by atoms with Gasteiger partial charge < -0.3 is 10.6 Å². The molecule has 0 aromatic heterocycles. The predicted octanol–water partition coefficient (Wildman–Crippen LogP) is 1.97. The van der Waals surface area contributed by atoms with Gasteiger partial charge >= 0.3 is 0 Å². The zero-order chi connectivity index (χ0) is 12.3. The molecule has 0 saturated heterocycles. The lowest BCUT2D eigenvalue weighted by Crippen LogP contribution is -2.37. The van der Waals surface area contributed by atoms with Crippen LogP contribution in [0.4, 0.5) is 0 Å². The van der Waals surface area contributed by atoms with E-state index >= 15 is 0 Å².